The van der Waals surface area contributed by atoms with E-state index in [9.17, 15) is 9.90 Å². The molecule has 13 heavy (non-hydrogen) atoms. The van der Waals surface area contributed by atoms with Gasteiger partial charge in [0.1, 0.15) is 6.10 Å². The summed E-state index contributed by atoms with van der Waals surface area (Å²) in [6.07, 6.45) is 2.05. The number of amides is 1. The summed E-state index contributed by atoms with van der Waals surface area (Å²) in [7, 11) is 0. The Kier molecular flexibility index (Phi) is 3.05. The number of carbonyl (C=O) groups excluding carboxylic acids is 1. The molecule has 1 rings (SSSR count). The highest BCUT2D eigenvalue weighted by Gasteiger charge is 2.23. The van der Waals surface area contributed by atoms with Crippen LogP contribution in [0.5, 0.6) is 0 Å². The van der Waals surface area contributed by atoms with E-state index >= 15 is 0 Å². The summed E-state index contributed by atoms with van der Waals surface area (Å²) in [6.45, 7) is 1.34. The number of ether oxygens (including phenoxy) is 1. The molecule has 0 fully saturated rings. The molecule has 1 heterocycles. The van der Waals surface area contributed by atoms with Crippen molar-refractivity contribution in [2.45, 2.75) is 19.3 Å². The first-order chi connectivity index (χ1) is 6.13. The molecule has 0 saturated heterocycles. The second-order valence-electron chi connectivity index (χ2n) is 2.60. The number of carbonyl (C=O) groups is 1. The lowest BCUT2D eigenvalue weighted by molar-refractivity contribution is -0.120. The SMILES string of the molecule is CC(=O)NC1=CC(/C=C/O)OC1O. The average molecular weight is 185 g/mol. The van der Waals surface area contributed by atoms with Crippen LogP contribution in [0.3, 0.4) is 0 Å². The minimum atomic E-state index is -1.13. The number of aliphatic hydroxyl groups excluding tert-OH is 2. The molecule has 1 aliphatic rings. The van der Waals surface area contributed by atoms with E-state index in [0.29, 0.717) is 5.70 Å². The predicted octanol–water partition coefficient (Wildman–Crippen LogP) is -0.205. The first kappa shape index (κ1) is 9.76. The summed E-state index contributed by atoms with van der Waals surface area (Å²) in [5, 5.41) is 20.0. The molecule has 1 aliphatic heterocycles. The van der Waals surface area contributed by atoms with Crippen LogP contribution in [0.1, 0.15) is 6.92 Å². The van der Waals surface area contributed by atoms with Crippen LogP contribution in [0.4, 0.5) is 0 Å². The van der Waals surface area contributed by atoms with Crippen molar-refractivity contribution < 1.29 is 19.7 Å². The largest absolute Gasteiger partial charge is 0.516 e. The van der Waals surface area contributed by atoms with E-state index in [-0.39, 0.29) is 5.91 Å². The van der Waals surface area contributed by atoms with Gasteiger partial charge in [0.25, 0.3) is 0 Å². The quantitative estimate of drug-likeness (QED) is 0.520. The summed E-state index contributed by atoms with van der Waals surface area (Å²) in [5.41, 5.74) is 0.301. The standard InChI is InChI=1S/C8H11NO4/c1-5(11)9-7-4-6(2-3-10)13-8(7)12/h2-4,6,8,10,12H,1H3,(H,9,11)/b3-2+. The highest BCUT2D eigenvalue weighted by molar-refractivity contribution is 5.75. The third kappa shape index (κ3) is 2.57. The molecule has 0 bridgehead atoms. The molecule has 0 aromatic carbocycles. The van der Waals surface area contributed by atoms with Crippen LogP contribution in [0, 0.1) is 0 Å². The summed E-state index contributed by atoms with van der Waals surface area (Å²) in [6, 6.07) is 0. The summed E-state index contributed by atoms with van der Waals surface area (Å²) >= 11 is 0. The van der Waals surface area contributed by atoms with Gasteiger partial charge >= 0.3 is 0 Å². The smallest absolute Gasteiger partial charge is 0.221 e. The van der Waals surface area contributed by atoms with Gasteiger partial charge in [-0.15, -0.1) is 0 Å². The zero-order valence-electron chi connectivity index (χ0n) is 7.10. The molecule has 0 aromatic heterocycles. The minimum absolute atomic E-state index is 0.275. The fourth-order valence-electron chi connectivity index (χ4n) is 1.01. The molecule has 0 saturated carbocycles. The Morgan fingerprint density at radius 1 is 1.77 bits per heavy atom. The lowest BCUT2D eigenvalue weighted by atomic mass is 10.3. The van der Waals surface area contributed by atoms with Crippen molar-refractivity contribution in [1.29, 1.82) is 0 Å². The Bertz CT molecular complexity index is 259. The Labute approximate surface area is 75.3 Å². The summed E-state index contributed by atoms with van der Waals surface area (Å²) in [4.78, 5) is 10.6. The first-order valence-corrected chi connectivity index (χ1v) is 3.77. The van der Waals surface area contributed by atoms with E-state index in [1.807, 2.05) is 0 Å². The van der Waals surface area contributed by atoms with Gasteiger partial charge < -0.3 is 20.3 Å². The van der Waals surface area contributed by atoms with Gasteiger partial charge in [0.2, 0.25) is 5.91 Å². The fourth-order valence-corrected chi connectivity index (χ4v) is 1.01. The van der Waals surface area contributed by atoms with E-state index in [1.54, 1.807) is 0 Å². The van der Waals surface area contributed by atoms with E-state index in [1.165, 1.54) is 19.1 Å². The lowest BCUT2D eigenvalue weighted by Gasteiger charge is -2.08. The second kappa shape index (κ2) is 4.06. The van der Waals surface area contributed by atoms with Crippen molar-refractivity contribution in [3.8, 4) is 0 Å². The van der Waals surface area contributed by atoms with Crippen molar-refractivity contribution in [2.24, 2.45) is 0 Å². The van der Waals surface area contributed by atoms with Gasteiger partial charge in [-0.3, -0.25) is 4.79 Å². The topological polar surface area (TPSA) is 78.8 Å². The van der Waals surface area contributed by atoms with Gasteiger partial charge in [0.15, 0.2) is 6.29 Å². The van der Waals surface area contributed by atoms with Crippen LogP contribution in [-0.2, 0) is 9.53 Å². The molecule has 5 nitrogen and oxygen atoms in total. The molecule has 2 unspecified atom stereocenters. The van der Waals surface area contributed by atoms with E-state index in [0.717, 1.165) is 6.26 Å². The van der Waals surface area contributed by atoms with Crippen molar-refractivity contribution in [3.05, 3.63) is 24.1 Å². The summed E-state index contributed by atoms with van der Waals surface area (Å²) < 4.78 is 4.92. The van der Waals surface area contributed by atoms with Crippen LogP contribution >= 0.6 is 0 Å². The molecular weight excluding hydrogens is 174 g/mol. The Balaban J connectivity index is 2.62. The van der Waals surface area contributed by atoms with Crippen LogP contribution < -0.4 is 5.32 Å². The third-order valence-electron chi connectivity index (χ3n) is 1.49. The van der Waals surface area contributed by atoms with Gasteiger partial charge in [0, 0.05) is 6.92 Å². The van der Waals surface area contributed by atoms with Crippen LogP contribution in [0.15, 0.2) is 24.1 Å². The zero-order chi connectivity index (χ0) is 9.84. The molecular formula is C8H11NO4. The molecule has 0 spiro atoms. The third-order valence-corrected chi connectivity index (χ3v) is 1.49. The minimum Gasteiger partial charge on any atom is -0.516 e. The number of rotatable bonds is 2. The van der Waals surface area contributed by atoms with Gasteiger partial charge in [-0.05, 0) is 12.2 Å². The molecule has 0 aromatic rings. The predicted molar refractivity (Wildman–Crippen MR) is 44.5 cm³/mol. The number of aliphatic hydroxyl groups is 2. The number of hydrogen-bond donors (Lipinski definition) is 3. The Morgan fingerprint density at radius 3 is 3.00 bits per heavy atom. The first-order valence-electron chi connectivity index (χ1n) is 3.77. The second-order valence-corrected chi connectivity index (χ2v) is 2.60. The maximum atomic E-state index is 10.6. The average Bonchev–Trinajstić information content (AvgIpc) is 2.31. The van der Waals surface area contributed by atoms with Crippen molar-refractivity contribution in [2.75, 3.05) is 0 Å². The van der Waals surface area contributed by atoms with Gasteiger partial charge in [-0.1, -0.05) is 0 Å². The molecule has 1 amide bonds. The fraction of sp³-hybridized carbons (Fsp3) is 0.375. The molecule has 5 heteroatoms. The highest BCUT2D eigenvalue weighted by atomic mass is 16.6. The maximum Gasteiger partial charge on any atom is 0.221 e. The highest BCUT2D eigenvalue weighted by Crippen LogP contribution is 2.16. The van der Waals surface area contributed by atoms with E-state index < -0.39 is 12.4 Å². The Hall–Kier alpha value is -1.33. The molecule has 0 aliphatic carbocycles. The van der Waals surface area contributed by atoms with Crippen LogP contribution in [-0.4, -0.2) is 28.5 Å². The van der Waals surface area contributed by atoms with Gasteiger partial charge in [-0.2, -0.15) is 0 Å². The monoisotopic (exact) mass is 185 g/mol. The van der Waals surface area contributed by atoms with Crippen molar-refractivity contribution in [1.82, 2.24) is 5.32 Å². The Morgan fingerprint density at radius 2 is 2.46 bits per heavy atom. The number of nitrogens with one attached hydrogen (secondary N) is 1. The molecule has 3 N–H and O–H groups in total. The summed E-state index contributed by atoms with van der Waals surface area (Å²) in [5.74, 6) is -0.275. The van der Waals surface area contributed by atoms with Crippen LogP contribution in [0.2, 0.25) is 0 Å². The van der Waals surface area contributed by atoms with Crippen LogP contribution in [0.25, 0.3) is 0 Å². The molecule has 0 radical (unpaired) electrons. The van der Waals surface area contributed by atoms with Gasteiger partial charge in [0.05, 0.1) is 12.0 Å². The maximum absolute atomic E-state index is 10.6. The number of hydrogen-bond acceptors (Lipinski definition) is 4. The molecule has 2 atom stereocenters. The lowest BCUT2D eigenvalue weighted by Crippen LogP contribution is -2.26. The zero-order valence-corrected chi connectivity index (χ0v) is 7.10. The van der Waals surface area contributed by atoms with E-state index in [4.69, 9.17) is 9.84 Å². The van der Waals surface area contributed by atoms with Crippen molar-refractivity contribution >= 4 is 5.91 Å². The van der Waals surface area contributed by atoms with Crippen molar-refractivity contribution in [3.63, 3.8) is 0 Å². The normalized spacial score (nSPS) is 27.7. The molecule has 72 valence electrons. The van der Waals surface area contributed by atoms with E-state index in [2.05, 4.69) is 5.32 Å². The van der Waals surface area contributed by atoms with Gasteiger partial charge in [-0.25, -0.2) is 0 Å².